The number of phenols is 1. The van der Waals surface area contributed by atoms with E-state index in [4.69, 9.17) is 22.6 Å². The molecule has 0 spiro atoms. The van der Waals surface area contributed by atoms with Gasteiger partial charge in [0.05, 0.1) is 4.92 Å². The minimum Gasteiger partial charge on any atom is -0.502 e. The van der Waals surface area contributed by atoms with Gasteiger partial charge in [-0.15, -0.1) is 0 Å². The number of nitrogens with zero attached hydrogens (tertiary/aromatic N) is 1. The van der Waals surface area contributed by atoms with Crippen molar-refractivity contribution in [3.05, 3.63) is 34.4 Å². The van der Waals surface area contributed by atoms with Crippen molar-refractivity contribution in [2.24, 2.45) is 0 Å². The average Bonchev–Trinajstić information content (AvgIpc) is 2.01. The predicted octanol–water partition coefficient (Wildman–Crippen LogP) is 0.648. The third-order valence-electron chi connectivity index (χ3n) is 1.08. The molecule has 3 N–H and O–H groups in total. The second kappa shape index (κ2) is 5.24. The van der Waals surface area contributed by atoms with E-state index in [-0.39, 0.29) is 11.4 Å². The molecule has 9 heteroatoms. The van der Waals surface area contributed by atoms with Gasteiger partial charge in [0, 0.05) is 6.07 Å². The first-order valence-electron chi connectivity index (χ1n) is 3.34. The summed E-state index contributed by atoms with van der Waals surface area (Å²) in [5, 5.41) is 18.9. The van der Waals surface area contributed by atoms with Crippen LogP contribution in [0.2, 0.25) is 0 Å². The summed E-state index contributed by atoms with van der Waals surface area (Å²) in [5.74, 6) is -0.299. The van der Waals surface area contributed by atoms with E-state index in [1.54, 1.807) is 0 Å². The Bertz CT molecular complexity index is 433. The van der Waals surface area contributed by atoms with E-state index in [0.717, 1.165) is 0 Å². The van der Waals surface area contributed by atoms with E-state index in [9.17, 15) is 10.1 Å². The molecule has 0 amide bonds. The minimum atomic E-state index is -4.67. The lowest BCUT2D eigenvalue weighted by molar-refractivity contribution is -0.385. The number of phenolic OH excluding ortho intramolecular Hbond substituents is 1. The van der Waals surface area contributed by atoms with Crippen molar-refractivity contribution in [1.82, 2.24) is 0 Å². The highest BCUT2D eigenvalue weighted by Gasteiger charge is 2.09. The quantitative estimate of drug-likeness (QED) is 0.370. The molecule has 1 rings (SSSR count). The lowest BCUT2D eigenvalue weighted by Gasteiger charge is -1.91. The molecule has 0 aliphatic carbocycles. The van der Waals surface area contributed by atoms with Gasteiger partial charge in [0.1, 0.15) is 0 Å². The van der Waals surface area contributed by atoms with Gasteiger partial charge in [-0.25, -0.2) is 0 Å². The Labute approximate surface area is 84.5 Å². The maximum absolute atomic E-state index is 10.1. The Hall–Kier alpha value is -1.71. The molecule has 0 aliphatic rings. The van der Waals surface area contributed by atoms with Crippen molar-refractivity contribution in [2.45, 2.75) is 0 Å². The number of benzene rings is 1. The van der Waals surface area contributed by atoms with E-state index in [1.807, 2.05) is 0 Å². The van der Waals surface area contributed by atoms with E-state index >= 15 is 0 Å². The highest BCUT2D eigenvalue weighted by atomic mass is 32.3. The van der Waals surface area contributed by atoms with Crippen molar-refractivity contribution in [3.8, 4) is 5.75 Å². The molecule has 0 bridgehead atoms. The fourth-order valence-electron chi connectivity index (χ4n) is 0.619. The Morgan fingerprint density at radius 1 is 1.20 bits per heavy atom. The van der Waals surface area contributed by atoms with Crippen LogP contribution in [-0.4, -0.2) is 27.6 Å². The number of hydrogen-bond donors (Lipinski definition) is 3. The molecule has 1 aromatic rings. The number of nitro groups is 1. The Morgan fingerprint density at radius 2 is 1.60 bits per heavy atom. The van der Waals surface area contributed by atoms with Gasteiger partial charge < -0.3 is 5.11 Å². The molecule has 0 saturated heterocycles. The van der Waals surface area contributed by atoms with Gasteiger partial charge in [-0.3, -0.25) is 19.2 Å². The molecular formula is C6H7NO7S. The molecule has 84 valence electrons. The van der Waals surface area contributed by atoms with E-state index < -0.39 is 15.3 Å². The molecule has 15 heavy (non-hydrogen) atoms. The third kappa shape index (κ3) is 7.37. The van der Waals surface area contributed by atoms with Crippen LogP contribution in [0.15, 0.2) is 24.3 Å². The van der Waals surface area contributed by atoms with Crippen molar-refractivity contribution >= 4 is 16.1 Å². The SMILES string of the molecule is O=S(=O)(O)O.O=[N+]([O-])c1ccccc1O. The number of para-hydroxylation sites is 2. The summed E-state index contributed by atoms with van der Waals surface area (Å²) >= 11 is 0. The van der Waals surface area contributed by atoms with Crippen LogP contribution in [0.5, 0.6) is 5.75 Å². The first kappa shape index (κ1) is 13.3. The number of aromatic hydroxyl groups is 1. The van der Waals surface area contributed by atoms with Crippen LogP contribution < -0.4 is 0 Å². The topological polar surface area (TPSA) is 138 Å². The molecule has 0 aliphatic heterocycles. The first-order chi connectivity index (χ1) is 6.72. The molecule has 0 aromatic heterocycles. The third-order valence-corrected chi connectivity index (χ3v) is 1.08. The van der Waals surface area contributed by atoms with Crippen molar-refractivity contribution < 1.29 is 27.6 Å². The zero-order chi connectivity index (χ0) is 12.1. The van der Waals surface area contributed by atoms with E-state index in [2.05, 4.69) is 0 Å². The summed E-state index contributed by atoms with van der Waals surface area (Å²) in [7, 11) is -4.67. The van der Waals surface area contributed by atoms with Crippen LogP contribution in [0.4, 0.5) is 5.69 Å². The minimum absolute atomic E-state index is 0.262. The van der Waals surface area contributed by atoms with Crippen LogP contribution in [0.3, 0.4) is 0 Å². The van der Waals surface area contributed by atoms with Gasteiger partial charge >= 0.3 is 16.1 Å². The second-order valence-electron chi connectivity index (χ2n) is 2.19. The summed E-state index contributed by atoms with van der Waals surface area (Å²) in [4.78, 5) is 9.44. The van der Waals surface area contributed by atoms with Crippen molar-refractivity contribution in [2.75, 3.05) is 0 Å². The smallest absolute Gasteiger partial charge is 0.394 e. The maximum Gasteiger partial charge on any atom is 0.394 e. The summed E-state index contributed by atoms with van der Waals surface area (Å²) in [5.41, 5.74) is -0.262. The van der Waals surface area contributed by atoms with E-state index in [0.29, 0.717) is 0 Å². The zero-order valence-corrected chi connectivity index (χ0v) is 7.96. The lowest BCUT2D eigenvalue weighted by atomic mass is 10.3. The summed E-state index contributed by atoms with van der Waals surface area (Å²) in [6.07, 6.45) is 0. The Morgan fingerprint density at radius 3 is 1.87 bits per heavy atom. The molecule has 0 saturated carbocycles. The highest BCUT2D eigenvalue weighted by molar-refractivity contribution is 7.79. The summed E-state index contributed by atoms with van der Waals surface area (Å²) < 4.78 is 31.6. The van der Waals surface area contributed by atoms with Gasteiger partial charge in [0.25, 0.3) is 0 Å². The Kier molecular flexibility index (Phi) is 4.64. The number of rotatable bonds is 1. The van der Waals surface area contributed by atoms with Crippen molar-refractivity contribution in [1.29, 1.82) is 0 Å². The fourth-order valence-corrected chi connectivity index (χ4v) is 0.619. The molecule has 0 atom stereocenters. The fraction of sp³-hybridized carbons (Fsp3) is 0. The molecule has 0 heterocycles. The standard InChI is InChI=1S/C6H5NO3.H2O4S/c8-6-4-2-1-3-5(6)7(9)10;1-5(2,3)4/h1-4,8H;(H2,1,2,3,4). The Balaban J connectivity index is 0.000000336. The van der Waals surface area contributed by atoms with Gasteiger partial charge in [-0.2, -0.15) is 8.42 Å². The molecular weight excluding hydrogens is 230 g/mol. The van der Waals surface area contributed by atoms with Gasteiger partial charge in [-0.1, -0.05) is 12.1 Å². The van der Waals surface area contributed by atoms with Crippen LogP contribution >= 0.6 is 0 Å². The average molecular weight is 237 g/mol. The second-order valence-corrected chi connectivity index (χ2v) is 3.09. The van der Waals surface area contributed by atoms with Gasteiger partial charge in [-0.05, 0) is 6.07 Å². The monoisotopic (exact) mass is 237 g/mol. The van der Waals surface area contributed by atoms with Gasteiger partial charge in [0.2, 0.25) is 0 Å². The van der Waals surface area contributed by atoms with Crippen LogP contribution in [0.25, 0.3) is 0 Å². The normalized spacial score (nSPS) is 10.0. The van der Waals surface area contributed by atoms with Crippen LogP contribution in [0, 0.1) is 10.1 Å². The molecule has 0 radical (unpaired) electrons. The largest absolute Gasteiger partial charge is 0.502 e. The zero-order valence-electron chi connectivity index (χ0n) is 7.14. The van der Waals surface area contributed by atoms with Crippen LogP contribution in [-0.2, 0) is 10.4 Å². The highest BCUT2D eigenvalue weighted by Crippen LogP contribution is 2.23. The maximum atomic E-state index is 10.1. The van der Waals surface area contributed by atoms with E-state index in [1.165, 1.54) is 24.3 Å². The summed E-state index contributed by atoms with van der Waals surface area (Å²) in [6, 6.07) is 5.55. The first-order valence-corrected chi connectivity index (χ1v) is 4.74. The predicted molar refractivity (Wildman–Crippen MR) is 48.9 cm³/mol. The molecule has 0 unspecified atom stereocenters. The van der Waals surface area contributed by atoms with Gasteiger partial charge in [0.15, 0.2) is 5.75 Å². The summed E-state index contributed by atoms with van der Waals surface area (Å²) in [6.45, 7) is 0. The lowest BCUT2D eigenvalue weighted by Crippen LogP contribution is -1.89. The molecule has 0 fully saturated rings. The molecule has 8 nitrogen and oxygen atoms in total. The number of nitro benzene ring substituents is 1. The van der Waals surface area contributed by atoms with Crippen molar-refractivity contribution in [3.63, 3.8) is 0 Å². The van der Waals surface area contributed by atoms with Crippen LogP contribution in [0.1, 0.15) is 0 Å². The molecule has 1 aromatic carbocycles. The number of hydrogen-bond acceptors (Lipinski definition) is 5.